The Hall–Kier alpha value is -3.29. The Morgan fingerprint density at radius 2 is 1.94 bits per heavy atom. The fourth-order valence-corrected chi connectivity index (χ4v) is 5.69. The first kappa shape index (κ1) is 18.5. The van der Waals surface area contributed by atoms with Crippen LogP contribution >= 0.6 is 11.3 Å². The van der Waals surface area contributed by atoms with Gasteiger partial charge >= 0.3 is 0 Å². The Balaban J connectivity index is 1.43. The zero-order valence-corrected chi connectivity index (χ0v) is 17.9. The van der Waals surface area contributed by atoms with Gasteiger partial charge in [-0.15, -0.1) is 16.4 Å². The Bertz CT molecular complexity index is 1420. The molecule has 0 radical (unpaired) electrons. The molecule has 0 aliphatic carbocycles. The van der Waals surface area contributed by atoms with Crippen molar-refractivity contribution in [2.24, 2.45) is 0 Å². The van der Waals surface area contributed by atoms with Gasteiger partial charge in [0.05, 0.1) is 5.39 Å². The molecule has 0 fully saturated rings. The standard InChI is InChI=1S/C24H21N5OS/c1-15-25-24-21(23-26-22(27-29(15)23)17-8-5-9-18(30)12-17)19-10-11-28(14-20(19)31-24)13-16-6-3-2-4-7-16/h2-9,12,30H,10-11,13-14H2,1H3. The summed E-state index contributed by atoms with van der Waals surface area (Å²) >= 11 is 1.78. The summed E-state index contributed by atoms with van der Waals surface area (Å²) in [6.45, 7) is 4.88. The van der Waals surface area contributed by atoms with Crippen LogP contribution in [0.2, 0.25) is 0 Å². The lowest BCUT2D eigenvalue weighted by Crippen LogP contribution is -2.29. The molecule has 31 heavy (non-hydrogen) atoms. The molecule has 4 heterocycles. The number of fused-ring (bicyclic) bond motifs is 5. The quantitative estimate of drug-likeness (QED) is 0.457. The number of aryl methyl sites for hydroxylation is 1. The third kappa shape index (κ3) is 3.17. The highest BCUT2D eigenvalue weighted by atomic mass is 32.1. The lowest BCUT2D eigenvalue weighted by Gasteiger charge is -2.26. The smallest absolute Gasteiger partial charge is 0.182 e. The van der Waals surface area contributed by atoms with Crippen molar-refractivity contribution in [2.45, 2.75) is 26.4 Å². The zero-order valence-electron chi connectivity index (χ0n) is 17.1. The highest BCUT2D eigenvalue weighted by molar-refractivity contribution is 7.19. The van der Waals surface area contributed by atoms with Crippen LogP contribution < -0.4 is 0 Å². The van der Waals surface area contributed by atoms with Crippen molar-refractivity contribution < 1.29 is 5.11 Å². The number of phenolic OH excluding ortho intramolecular Hbond substituents is 1. The van der Waals surface area contributed by atoms with E-state index in [9.17, 15) is 5.11 Å². The van der Waals surface area contributed by atoms with Crippen molar-refractivity contribution in [3.05, 3.63) is 76.4 Å². The van der Waals surface area contributed by atoms with Crippen LogP contribution in [0.15, 0.2) is 54.6 Å². The van der Waals surface area contributed by atoms with Gasteiger partial charge in [-0.3, -0.25) is 4.90 Å². The maximum Gasteiger partial charge on any atom is 0.182 e. The number of nitrogens with zero attached hydrogens (tertiary/aromatic N) is 5. The van der Waals surface area contributed by atoms with E-state index in [0.717, 1.165) is 53.3 Å². The molecule has 1 N–H and O–H groups in total. The van der Waals surface area contributed by atoms with Gasteiger partial charge in [0.2, 0.25) is 0 Å². The summed E-state index contributed by atoms with van der Waals surface area (Å²) in [6, 6.07) is 17.7. The van der Waals surface area contributed by atoms with Crippen molar-refractivity contribution in [2.75, 3.05) is 6.54 Å². The molecule has 154 valence electrons. The second-order valence-corrected chi connectivity index (χ2v) is 9.09. The molecule has 1 aliphatic rings. The summed E-state index contributed by atoms with van der Waals surface area (Å²) in [5.74, 6) is 1.64. The summed E-state index contributed by atoms with van der Waals surface area (Å²) in [4.78, 5) is 14.6. The van der Waals surface area contributed by atoms with E-state index in [1.165, 1.54) is 16.0 Å². The van der Waals surface area contributed by atoms with Crippen LogP contribution in [-0.2, 0) is 19.5 Å². The van der Waals surface area contributed by atoms with E-state index in [1.807, 2.05) is 23.6 Å². The highest BCUT2D eigenvalue weighted by Crippen LogP contribution is 2.37. The van der Waals surface area contributed by atoms with Crippen molar-refractivity contribution in [1.82, 2.24) is 24.5 Å². The molecule has 0 bridgehead atoms. The molecule has 0 saturated heterocycles. The van der Waals surface area contributed by atoms with Crippen LogP contribution in [0, 0.1) is 6.92 Å². The van der Waals surface area contributed by atoms with Gasteiger partial charge in [0.15, 0.2) is 11.5 Å². The number of aromatic nitrogens is 4. The van der Waals surface area contributed by atoms with Crippen LogP contribution in [-0.4, -0.2) is 36.1 Å². The van der Waals surface area contributed by atoms with E-state index in [-0.39, 0.29) is 5.75 Å². The van der Waals surface area contributed by atoms with Gasteiger partial charge in [-0.05, 0) is 36.6 Å². The number of hydrogen-bond donors (Lipinski definition) is 1. The lowest BCUT2D eigenvalue weighted by molar-refractivity contribution is 0.249. The molecule has 5 aromatic rings. The van der Waals surface area contributed by atoms with E-state index >= 15 is 0 Å². The van der Waals surface area contributed by atoms with Gasteiger partial charge in [-0.25, -0.2) is 9.97 Å². The fraction of sp³-hybridized carbons (Fsp3) is 0.208. The molecule has 0 saturated carbocycles. The predicted molar refractivity (Wildman–Crippen MR) is 122 cm³/mol. The van der Waals surface area contributed by atoms with E-state index in [0.29, 0.717) is 5.82 Å². The predicted octanol–water partition coefficient (Wildman–Crippen LogP) is 4.58. The molecule has 2 aromatic carbocycles. The molecule has 1 aliphatic heterocycles. The van der Waals surface area contributed by atoms with Crippen molar-refractivity contribution in [1.29, 1.82) is 0 Å². The number of phenols is 1. The number of hydrogen-bond acceptors (Lipinski definition) is 6. The van der Waals surface area contributed by atoms with E-state index in [2.05, 4.69) is 35.2 Å². The van der Waals surface area contributed by atoms with Gasteiger partial charge in [-0.2, -0.15) is 4.52 Å². The van der Waals surface area contributed by atoms with Gasteiger partial charge in [0.1, 0.15) is 16.4 Å². The average molecular weight is 428 g/mol. The van der Waals surface area contributed by atoms with Crippen molar-refractivity contribution >= 4 is 27.2 Å². The lowest BCUT2D eigenvalue weighted by atomic mass is 10.0. The first-order valence-electron chi connectivity index (χ1n) is 10.4. The van der Waals surface area contributed by atoms with E-state index < -0.39 is 0 Å². The average Bonchev–Trinajstić information content (AvgIpc) is 3.36. The molecule has 6 nitrogen and oxygen atoms in total. The number of aromatic hydroxyl groups is 1. The number of rotatable bonds is 3. The number of benzene rings is 2. The fourth-order valence-electron chi connectivity index (χ4n) is 4.39. The van der Waals surface area contributed by atoms with Gasteiger partial charge in [0.25, 0.3) is 0 Å². The Morgan fingerprint density at radius 3 is 2.77 bits per heavy atom. The van der Waals surface area contributed by atoms with Gasteiger partial charge in [0, 0.05) is 30.1 Å². The topological polar surface area (TPSA) is 66.5 Å². The van der Waals surface area contributed by atoms with Crippen LogP contribution in [0.1, 0.15) is 21.8 Å². The molecule has 0 spiro atoms. The molecule has 0 atom stereocenters. The Kier molecular flexibility index (Phi) is 4.26. The summed E-state index contributed by atoms with van der Waals surface area (Å²) in [6.07, 6.45) is 0.983. The van der Waals surface area contributed by atoms with Crippen LogP contribution in [0.3, 0.4) is 0 Å². The van der Waals surface area contributed by atoms with Crippen LogP contribution in [0.5, 0.6) is 5.75 Å². The summed E-state index contributed by atoms with van der Waals surface area (Å²) in [7, 11) is 0. The molecule has 0 unspecified atom stereocenters. The maximum absolute atomic E-state index is 9.85. The SMILES string of the molecule is Cc1nc2sc3c(c2c2nc(-c4cccc(O)c4)nn12)CCN(Cc1ccccc1)C3. The highest BCUT2D eigenvalue weighted by Gasteiger charge is 2.25. The largest absolute Gasteiger partial charge is 0.508 e. The maximum atomic E-state index is 9.85. The summed E-state index contributed by atoms with van der Waals surface area (Å²) in [5, 5.41) is 15.7. The molecular weight excluding hydrogens is 406 g/mol. The summed E-state index contributed by atoms with van der Waals surface area (Å²) in [5.41, 5.74) is 4.36. The Morgan fingerprint density at radius 1 is 1.06 bits per heavy atom. The van der Waals surface area contributed by atoms with Crippen LogP contribution in [0.4, 0.5) is 0 Å². The first-order valence-corrected chi connectivity index (χ1v) is 11.2. The van der Waals surface area contributed by atoms with E-state index in [4.69, 9.17) is 15.1 Å². The molecule has 6 rings (SSSR count). The first-order chi connectivity index (χ1) is 15.2. The molecule has 0 amide bonds. The minimum atomic E-state index is 0.211. The van der Waals surface area contributed by atoms with Gasteiger partial charge in [-0.1, -0.05) is 42.5 Å². The summed E-state index contributed by atoms with van der Waals surface area (Å²) < 4.78 is 1.84. The second kappa shape index (κ2) is 7.14. The minimum absolute atomic E-state index is 0.211. The molecule has 7 heteroatoms. The number of thiophene rings is 1. The normalized spacial score (nSPS) is 14.4. The molecule has 3 aromatic heterocycles. The third-order valence-electron chi connectivity index (χ3n) is 5.87. The van der Waals surface area contributed by atoms with Crippen molar-refractivity contribution in [3.8, 4) is 17.1 Å². The third-order valence-corrected chi connectivity index (χ3v) is 6.98. The monoisotopic (exact) mass is 427 g/mol. The van der Waals surface area contributed by atoms with E-state index in [1.54, 1.807) is 23.5 Å². The van der Waals surface area contributed by atoms with Crippen molar-refractivity contribution in [3.63, 3.8) is 0 Å². The van der Waals surface area contributed by atoms with Crippen LogP contribution in [0.25, 0.3) is 27.3 Å². The second-order valence-electron chi connectivity index (χ2n) is 8.01. The minimum Gasteiger partial charge on any atom is -0.508 e. The van der Waals surface area contributed by atoms with Gasteiger partial charge < -0.3 is 5.11 Å². The zero-order chi connectivity index (χ0) is 20.9. The molecular formula is C24H21N5OS. The Labute approximate surface area is 183 Å².